The van der Waals surface area contributed by atoms with Crippen LogP contribution in [0.3, 0.4) is 0 Å². The van der Waals surface area contributed by atoms with Gasteiger partial charge in [-0.15, -0.1) is 0 Å². The van der Waals surface area contributed by atoms with E-state index in [0.717, 1.165) is 12.8 Å². The summed E-state index contributed by atoms with van der Waals surface area (Å²) in [6.45, 7) is 6.86. The quantitative estimate of drug-likeness (QED) is 0.570. The summed E-state index contributed by atoms with van der Waals surface area (Å²) in [6, 6.07) is 16.2. The van der Waals surface area contributed by atoms with Gasteiger partial charge in [-0.1, -0.05) is 63.6 Å². The summed E-state index contributed by atoms with van der Waals surface area (Å²) < 4.78 is 1.41. The Morgan fingerprint density at radius 1 is 1.13 bits per heavy atom. The average Bonchev–Trinajstić information content (AvgIpc) is 2.72. The Kier molecular flexibility index (Phi) is 7.00. The number of hydrogen-bond acceptors (Lipinski definition) is 3. The van der Waals surface area contributed by atoms with E-state index in [4.69, 9.17) is 5.73 Å². The minimum Gasteiger partial charge on any atom is -0.368 e. The van der Waals surface area contributed by atoms with E-state index in [1.54, 1.807) is 12.1 Å². The first-order valence-corrected chi connectivity index (χ1v) is 10.6. The highest BCUT2D eigenvalue weighted by atomic mass is 16.2. The molecule has 1 amide bonds. The van der Waals surface area contributed by atoms with E-state index in [9.17, 15) is 9.59 Å². The lowest BCUT2D eigenvalue weighted by molar-refractivity contribution is -0.718. The number of fused-ring (bicyclic) bond motifs is 1. The molecule has 0 aliphatic rings. The van der Waals surface area contributed by atoms with Crippen LogP contribution in [0.1, 0.15) is 50.2 Å². The number of hydrogen-bond donors (Lipinski definition) is 2. The topological polar surface area (TPSA) is 94.6 Å². The van der Waals surface area contributed by atoms with Crippen LogP contribution in [-0.4, -0.2) is 15.5 Å². The number of carbonyl (C=O) groups is 1. The van der Waals surface area contributed by atoms with Crippen molar-refractivity contribution in [2.75, 3.05) is 0 Å². The van der Waals surface area contributed by atoms with Crippen LogP contribution in [0.15, 0.2) is 53.3 Å². The zero-order chi connectivity index (χ0) is 21.7. The van der Waals surface area contributed by atoms with Gasteiger partial charge < -0.3 is 11.1 Å². The number of amides is 1. The van der Waals surface area contributed by atoms with Gasteiger partial charge in [0.15, 0.2) is 5.82 Å². The van der Waals surface area contributed by atoms with E-state index in [-0.39, 0.29) is 18.1 Å². The van der Waals surface area contributed by atoms with Crippen molar-refractivity contribution >= 4 is 16.8 Å². The SMILES string of the molecule is CCCc1ccc([C@H]([NH2+]Cc2nc3ccccc3c(=O)n2CC(N)=O)C(C)C)cc1. The summed E-state index contributed by atoms with van der Waals surface area (Å²) in [6.07, 6.45) is 2.21. The highest BCUT2D eigenvalue weighted by molar-refractivity contribution is 5.78. The summed E-state index contributed by atoms with van der Waals surface area (Å²) in [5.74, 6) is 0.395. The van der Waals surface area contributed by atoms with Crippen molar-refractivity contribution in [1.29, 1.82) is 0 Å². The van der Waals surface area contributed by atoms with Gasteiger partial charge in [0.2, 0.25) is 5.91 Å². The van der Waals surface area contributed by atoms with E-state index in [1.165, 1.54) is 15.7 Å². The molecule has 0 saturated carbocycles. The Bertz CT molecular complexity index is 1070. The van der Waals surface area contributed by atoms with E-state index in [1.807, 2.05) is 12.1 Å². The number of nitrogens with zero attached hydrogens (tertiary/aromatic N) is 2. The first kappa shape index (κ1) is 21.7. The fraction of sp³-hybridized carbons (Fsp3) is 0.375. The zero-order valence-corrected chi connectivity index (χ0v) is 18.0. The molecule has 2 aromatic carbocycles. The van der Waals surface area contributed by atoms with Gasteiger partial charge in [0.25, 0.3) is 5.56 Å². The number of quaternary nitrogens is 1. The molecule has 0 aliphatic carbocycles. The number of carbonyl (C=O) groups excluding carboxylic acids is 1. The van der Waals surface area contributed by atoms with Crippen molar-refractivity contribution in [2.45, 2.75) is 52.7 Å². The second kappa shape index (κ2) is 9.67. The van der Waals surface area contributed by atoms with Gasteiger partial charge in [0.1, 0.15) is 19.1 Å². The Balaban J connectivity index is 1.91. The van der Waals surface area contributed by atoms with Gasteiger partial charge in [-0.25, -0.2) is 4.98 Å². The molecule has 0 aliphatic heterocycles. The molecule has 1 aromatic heterocycles. The molecule has 4 N–H and O–H groups in total. The van der Waals surface area contributed by atoms with Gasteiger partial charge in [-0.3, -0.25) is 14.2 Å². The van der Waals surface area contributed by atoms with Crippen LogP contribution < -0.4 is 16.6 Å². The van der Waals surface area contributed by atoms with Gasteiger partial charge >= 0.3 is 0 Å². The predicted molar refractivity (Wildman–Crippen MR) is 119 cm³/mol. The molecular formula is C24H31N4O2+. The van der Waals surface area contributed by atoms with Crippen LogP contribution in [0.25, 0.3) is 10.9 Å². The third-order valence-corrected chi connectivity index (χ3v) is 5.43. The first-order chi connectivity index (χ1) is 14.4. The number of aromatic nitrogens is 2. The molecule has 0 spiro atoms. The molecule has 158 valence electrons. The normalized spacial score (nSPS) is 12.4. The smallest absolute Gasteiger partial charge is 0.262 e. The maximum Gasteiger partial charge on any atom is 0.262 e. The van der Waals surface area contributed by atoms with Crippen LogP contribution in [0.2, 0.25) is 0 Å². The van der Waals surface area contributed by atoms with Gasteiger partial charge in [0.05, 0.1) is 10.9 Å². The summed E-state index contributed by atoms with van der Waals surface area (Å²) in [5, 5.41) is 2.68. The molecule has 30 heavy (non-hydrogen) atoms. The monoisotopic (exact) mass is 407 g/mol. The number of rotatable bonds is 9. The van der Waals surface area contributed by atoms with Crippen molar-refractivity contribution in [3.05, 3.63) is 75.8 Å². The van der Waals surface area contributed by atoms with E-state index >= 15 is 0 Å². The number of nitrogens with two attached hydrogens (primary N) is 2. The number of primary amides is 1. The third-order valence-electron chi connectivity index (χ3n) is 5.43. The van der Waals surface area contributed by atoms with Crippen molar-refractivity contribution in [3.63, 3.8) is 0 Å². The molecule has 6 heteroatoms. The van der Waals surface area contributed by atoms with Crippen LogP contribution >= 0.6 is 0 Å². The van der Waals surface area contributed by atoms with Gasteiger partial charge in [-0.05, 0) is 24.1 Å². The van der Waals surface area contributed by atoms with Crippen molar-refractivity contribution in [2.24, 2.45) is 11.7 Å². The highest BCUT2D eigenvalue weighted by Crippen LogP contribution is 2.19. The minimum atomic E-state index is -0.553. The summed E-state index contributed by atoms with van der Waals surface area (Å²) in [4.78, 5) is 29.2. The molecule has 0 saturated heterocycles. The van der Waals surface area contributed by atoms with Crippen LogP contribution in [-0.2, 0) is 24.3 Å². The summed E-state index contributed by atoms with van der Waals surface area (Å²) >= 11 is 0. The lowest BCUT2D eigenvalue weighted by Gasteiger charge is -2.21. The molecule has 1 atom stereocenters. The maximum atomic E-state index is 12.9. The molecule has 3 rings (SSSR count). The number of benzene rings is 2. The van der Waals surface area contributed by atoms with Crippen molar-refractivity contribution in [1.82, 2.24) is 9.55 Å². The van der Waals surface area contributed by atoms with Crippen LogP contribution in [0.4, 0.5) is 0 Å². The van der Waals surface area contributed by atoms with Crippen molar-refractivity contribution in [3.8, 4) is 0 Å². The average molecular weight is 408 g/mol. The Morgan fingerprint density at radius 2 is 1.83 bits per heavy atom. The molecule has 0 unspecified atom stereocenters. The first-order valence-electron chi connectivity index (χ1n) is 10.6. The Labute approximate surface area is 177 Å². The molecule has 6 nitrogen and oxygen atoms in total. The number of para-hydroxylation sites is 1. The van der Waals surface area contributed by atoms with Crippen LogP contribution in [0.5, 0.6) is 0 Å². The standard InChI is InChI=1S/C24H30N4O2/c1-4-7-17-10-12-18(13-11-17)23(16(2)3)26-14-22-27-20-9-6-5-8-19(20)24(30)28(22)15-21(25)29/h5-6,8-13,16,23,26H,4,7,14-15H2,1-3H3,(H2,25,29)/p+1/t23-/m1/s1. The van der Waals surface area contributed by atoms with Gasteiger partial charge in [0, 0.05) is 11.5 Å². The lowest BCUT2D eigenvalue weighted by Crippen LogP contribution is -2.85. The molecule has 0 radical (unpaired) electrons. The Hall–Kier alpha value is -2.99. The zero-order valence-electron chi connectivity index (χ0n) is 18.0. The number of aryl methyl sites for hydroxylation is 1. The second-order valence-corrected chi connectivity index (χ2v) is 8.10. The molecule has 3 aromatic rings. The fourth-order valence-corrected chi connectivity index (χ4v) is 3.91. The molecular weight excluding hydrogens is 376 g/mol. The molecule has 0 bridgehead atoms. The Morgan fingerprint density at radius 3 is 2.47 bits per heavy atom. The van der Waals surface area contributed by atoms with Gasteiger partial charge in [-0.2, -0.15) is 0 Å². The van der Waals surface area contributed by atoms with E-state index < -0.39 is 5.91 Å². The van der Waals surface area contributed by atoms with Crippen molar-refractivity contribution < 1.29 is 10.1 Å². The third kappa shape index (κ3) is 4.94. The molecule has 0 fully saturated rings. The molecule has 1 heterocycles. The summed E-state index contributed by atoms with van der Waals surface area (Å²) in [7, 11) is 0. The minimum absolute atomic E-state index is 0.169. The second-order valence-electron chi connectivity index (χ2n) is 8.10. The predicted octanol–water partition coefficient (Wildman–Crippen LogP) is 2.29. The maximum absolute atomic E-state index is 12.9. The van der Waals surface area contributed by atoms with Crippen LogP contribution in [0, 0.1) is 5.92 Å². The van der Waals surface area contributed by atoms with E-state index in [2.05, 4.69) is 55.3 Å². The summed E-state index contributed by atoms with van der Waals surface area (Å²) in [5.41, 5.74) is 8.40. The highest BCUT2D eigenvalue weighted by Gasteiger charge is 2.21. The lowest BCUT2D eigenvalue weighted by atomic mass is 9.94. The van der Waals surface area contributed by atoms with E-state index in [0.29, 0.717) is 29.2 Å². The fourth-order valence-electron chi connectivity index (χ4n) is 3.91. The largest absolute Gasteiger partial charge is 0.368 e.